The third-order valence-corrected chi connectivity index (χ3v) is 13.1. The van der Waals surface area contributed by atoms with Crippen molar-refractivity contribution in [1.29, 1.82) is 0 Å². The zero-order chi connectivity index (χ0) is 42.3. The summed E-state index contributed by atoms with van der Waals surface area (Å²) in [6.45, 7) is 2.14. The van der Waals surface area contributed by atoms with E-state index in [4.69, 9.17) is 15.0 Å². The Morgan fingerprint density at radius 1 is 0.344 bits per heavy atom. The maximum absolute atomic E-state index is 5.47. The highest BCUT2D eigenvalue weighted by Gasteiger charge is 2.21. The molecule has 4 aromatic heterocycles. The third kappa shape index (κ3) is 5.73. The van der Waals surface area contributed by atoms with Gasteiger partial charge in [0.15, 0.2) is 0 Å². The summed E-state index contributed by atoms with van der Waals surface area (Å²) in [6.07, 6.45) is 3.73. The number of fused-ring (bicyclic) bond motifs is 11. The highest BCUT2D eigenvalue weighted by molar-refractivity contribution is 6.29. The average Bonchev–Trinajstić information content (AvgIpc) is 3.68. The van der Waals surface area contributed by atoms with E-state index in [0.717, 1.165) is 61.0 Å². The summed E-state index contributed by atoms with van der Waals surface area (Å²) in [7, 11) is 0. The predicted octanol–water partition coefficient (Wildman–Crippen LogP) is 15.7. The van der Waals surface area contributed by atoms with Crippen LogP contribution in [0.25, 0.3) is 126 Å². The molecular formula is C60H38N4. The van der Waals surface area contributed by atoms with Gasteiger partial charge in [-0.3, -0.25) is 9.97 Å². The van der Waals surface area contributed by atoms with Crippen molar-refractivity contribution >= 4 is 75.9 Å². The van der Waals surface area contributed by atoms with E-state index in [-0.39, 0.29) is 0 Å². The average molecular weight is 815 g/mol. The van der Waals surface area contributed by atoms with E-state index in [9.17, 15) is 0 Å². The highest BCUT2D eigenvalue weighted by atomic mass is 15.0. The highest BCUT2D eigenvalue weighted by Crippen LogP contribution is 2.44. The summed E-state index contributed by atoms with van der Waals surface area (Å²) in [4.78, 5) is 15.3. The van der Waals surface area contributed by atoms with Crippen LogP contribution in [0.5, 0.6) is 0 Å². The number of benzene rings is 9. The van der Waals surface area contributed by atoms with Gasteiger partial charge < -0.3 is 4.57 Å². The molecule has 0 atom stereocenters. The fraction of sp³-hybridized carbons (Fsp3) is 0.0167. The van der Waals surface area contributed by atoms with Gasteiger partial charge in [-0.05, 0) is 116 Å². The van der Waals surface area contributed by atoms with Gasteiger partial charge in [-0.25, -0.2) is 4.98 Å². The first-order chi connectivity index (χ1) is 31.6. The van der Waals surface area contributed by atoms with Crippen LogP contribution in [0.2, 0.25) is 0 Å². The SMILES string of the molecule is Cc1ccc(-c2ccc3c(c2)c2ccccc2c2cc4c5cc(-c6ccccc6)ccc5n(-c5cc(-c6cccc7cccnc67)nc(-c6cccc7cccnc67)c5)c4cc32)cc1. The minimum absolute atomic E-state index is 0.849. The van der Waals surface area contributed by atoms with Crippen molar-refractivity contribution in [3.8, 4) is 50.5 Å². The Morgan fingerprint density at radius 3 is 1.53 bits per heavy atom. The van der Waals surface area contributed by atoms with Gasteiger partial charge in [-0.15, -0.1) is 0 Å². The van der Waals surface area contributed by atoms with Crippen molar-refractivity contribution in [1.82, 2.24) is 19.5 Å². The van der Waals surface area contributed by atoms with E-state index in [1.54, 1.807) is 0 Å². The van der Waals surface area contributed by atoms with E-state index in [0.29, 0.717) is 0 Å². The van der Waals surface area contributed by atoms with Crippen LogP contribution >= 0.6 is 0 Å². The maximum atomic E-state index is 5.47. The van der Waals surface area contributed by atoms with Crippen LogP contribution in [-0.2, 0) is 0 Å². The van der Waals surface area contributed by atoms with E-state index in [1.165, 1.54) is 70.9 Å². The zero-order valence-electron chi connectivity index (χ0n) is 35.0. The lowest BCUT2D eigenvalue weighted by atomic mass is 9.91. The molecule has 0 bridgehead atoms. The normalized spacial score (nSPS) is 11.8. The number of nitrogens with zero attached hydrogens (tertiary/aromatic N) is 4. The fourth-order valence-electron chi connectivity index (χ4n) is 10.0. The summed E-state index contributed by atoms with van der Waals surface area (Å²) < 4.78 is 2.45. The van der Waals surface area contributed by atoms with Crippen molar-refractivity contribution in [3.05, 3.63) is 218 Å². The van der Waals surface area contributed by atoms with Gasteiger partial charge in [0.2, 0.25) is 0 Å². The van der Waals surface area contributed by atoms with Crippen LogP contribution in [0.15, 0.2) is 213 Å². The molecule has 0 N–H and O–H groups in total. The molecule has 0 saturated carbocycles. The van der Waals surface area contributed by atoms with Crippen LogP contribution in [0, 0.1) is 6.92 Å². The summed E-state index contributed by atoms with van der Waals surface area (Å²) in [5, 5.41) is 12.0. The lowest BCUT2D eigenvalue weighted by Gasteiger charge is -2.16. The van der Waals surface area contributed by atoms with Crippen LogP contribution in [0.4, 0.5) is 0 Å². The van der Waals surface area contributed by atoms with E-state index in [2.05, 4.69) is 200 Å². The molecular weight excluding hydrogens is 777 g/mol. The molecule has 4 nitrogen and oxygen atoms in total. The van der Waals surface area contributed by atoms with Crippen LogP contribution < -0.4 is 0 Å². The Hall–Kier alpha value is -8.47. The minimum atomic E-state index is 0.849. The van der Waals surface area contributed by atoms with Crippen molar-refractivity contribution in [2.75, 3.05) is 0 Å². The Balaban J connectivity index is 1.15. The third-order valence-electron chi connectivity index (χ3n) is 13.1. The minimum Gasteiger partial charge on any atom is -0.309 e. The standard InChI is InChI=1S/C60H38N4/c1-37-21-23-39(24-22-37)42-25-27-47-50(31-42)45-17-5-6-18-46(45)51-35-54-53-32-43(38-11-3-2-4-12-38)26-28-57(53)64(58(54)36-52(47)51)44-33-55(48-19-7-13-40-15-9-29-61-59(40)48)63-56(34-44)49-20-8-14-41-16-10-30-62-60(41)49/h2-36H,1H3. The topological polar surface area (TPSA) is 43.6 Å². The first-order valence-corrected chi connectivity index (χ1v) is 21.8. The maximum Gasteiger partial charge on any atom is 0.0795 e. The number of aromatic nitrogens is 4. The van der Waals surface area contributed by atoms with Crippen molar-refractivity contribution in [2.45, 2.75) is 6.92 Å². The summed E-state index contributed by atoms with van der Waals surface area (Å²) >= 11 is 0. The lowest BCUT2D eigenvalue weighted by molar-refractivity contribution is 1.16. The molecule has 0 spiro atoms. The summed E-state index contributed by atoms with van der Waals surface area (Å²) in [5.74, 6) is 0. The van der Waals surface area contributed by atoms with E-state index >= 15 is 0 Å². The first kappa shape index (κ1) is 36.2. The number of hydrogen-bond acceptors (Lipinski definition) is 3. The summed E-state index contributed by atoms with van der Waals surface area (Å²) in [5.41, 5.74) is 14.8. The Labute approximate surface area is 369 Å². The van der Waals surface area contributed by atoms with E-state index < -0.39 is 0 Å². The van der Waals surface area contributed by atoms with Crippen molar-refractivity contribution in [3.63, 3.8) is 0 Å². The Bertz CT molecular complexity index is 3910. The molecule has 9 aromatic carbocycles. The van der Waals surface area contributed by atoms with Crippen LogP contribution in [0.1, 0.15) is 5.56 Å². The number of rotatable bonds is 5. The van der Waals surface area contributed by atoms with Gasteiger partial charge in [0.25, 0.3) is 0 Å². The number of hydrogen-bond donors (Lipinski definition) is 0. The van der Waals surface area contributed by atoms with E-state index in [1.807, 2.05) is 24.5 Å². The quantitative estimate of drug-likeness (QED) is 0.163. The molecule has 298 valence electrons. The van der Waals surface area contributed by atoms with Gasteiger partial charge in [-0.1, -0.05) is 151 Å². The van der Waals surface area contributed by atoms with Crippen LogP contribution in [0.3, 0.4) is 0 Å². The molecule has 64 heavy (non-hydrogen) atoms. The smallest absolute Gasteiger partial charge is 0.0795 e. The second-order valence-corrected chi connectivity index (χ2v) is 16.9. The largest absolute Gasteiger partial charge is 0.309 e. The molecule has 0 amide bonds. The second kappa shape index (κ2) is 14.3. The molecule has 0 fully saturated rings. The molecule has 0 unspecified atom stereocenters. The summed E-state index contributed by atoms with van der Waals surface area (Å²) in [6, 6.07) is 72.7. The molecule has 0 aliphatic heterocycles. The molecule has 4 heterocycles. The van der Waals surface area contributed by atoms with Gasteiger partial charge in [0, 0.05) is 45.1 Å². The molecule has 4 heteroatoms. The first-order valence-electron chi connectivity index (χ1n) is 21.8. The van der Waals surface area contributed by atoms with Crippen LogP contribution in [-0.4, -0.2) is 19.5 Å². The Kier molecular flexibility index (Phi) is 8.09. The van der Waals surface area contributed by atoms with Crippen molar-refractivity contribution in [2.24, 2.45) is 0 Å². The molecule has 13 aromatic rings. The number of para-hydroxylation sites is 2. The lowest BCUT2D eigenvalue weighted by Crippen LogP contribution is -1.99. The monoisotopic (exact) mass is 814 g/mol. The van der Waals surface area contributed by atoms with Gasteiger partial charge in [0.1, 0.15) is 0 Å². The molecule has 13 rings (SSSR count). The number of aryl methyl sites for hydroxylation is 1. The van der Waals surface area contributed by atoms with Gasteiger partial charge >= 0.3 is 0 Å². The number of pyridine rings is 3. The van der Waals surface area contributed by atoms with Crippen molar-refractivity contribution < 1.29 is 0 Å². The molecule has 0 saturated heterocycles. The second-order valence-electron chi connectivity index (χ2n) is 16.9. The van der Waals surface area contributed by atoms with Gasteiger partial charge in [0.05, 0.1) is 39.1 Å². The molecule has 0 aliphatic carbocycles. The molecule has 0 radical (unpaired) electrons. The molecule has 0 aliphatic rings. The Morgan fingerprint density at radius 2 is 0.859 bits per heavy atom. The zero-order valence-corrected chi connectivity index (χ0v) is 35.0. The predicted molar refractivity (Wildman–Crippen MR) is 268 cm³/mol. The van der Waals surface area contributed by atoms with Gasteiger partial charge in [-0.2, -0.15) is 0 Å². The fourth-order valence-corrected chi connectivity index (χ4v) is 10.0.